The van der Waals surface area contributed by atoms with Crippen molar-refractivity contribution in [2.45, 2.75) is 63.6 Å². The van der Waals surface area contributed by atoms with E-state index in [1.165, 1.54) is 18.5 Å². The van der Waals surface area contributed by atoms with Crippen LogP contribution >= 0.6 is 0 Å². The third-order valence-corrected chi connectivity index (χ3v) is 6.56. The van der Waals surface area contributed by atoms with Crippen molar-refractivity contribution in [3.8, 4) is 17.5 Å². The first-order valence-electron chi connectivity index (χ1n) is 11.4. The van der Waals surface area contributed by atoms with Gasteiger partial charge < -0.3 is 19.1 Å². The molecule has 1 aliphatic rings. The quantitative estimate of drug-likeness (QED) is 0.530. The third kappa shape index (κ3) is 7.60. The highest BCUT2D eigenvalue weighted by molar-refractivity contribution is 7.90. The zero-order valence-electron chi connectivity index (χ0n) is 20.7. The Labute approximate surface area is 205 Å². The standard InChI is InChI=1S/C24H32FN3O6S/c1-16-22(33-17-8-11-28(12-9-17)21(29)10-13-32-24(2,3)4)26-15-27-23(16)34-20-7-6-18(14-19(20)25)35(5,30)31/h6-7,14-15,17H,8-13H2,1-5H3. The van der Waals surface area contributed by atoms with E-state index < -0.39 is 15.7 Å². The predicted octanol–water partition coefficient (Wildman–Crippen LogP) is 3.69. The van der Waals surface area contributed by atoms with Crippen molar-refractivity contribution in [1.29, 1.82) is 0 Å². The van der Waals surface area contributed by atoms with Crippen molar-refractivity contribution in [3.05, 3.63) is 35.9 Å². The molecule has 0 bridgehead atoms. The molecule has 1 aromatic heterocycles. The van der Waals surface area contributed by atoms with Gasteiger partial charge >= 0.3 is 0 Å². The van der Waals surface area contributed by atoms with Gasteiger partial charge in [-0.1, -0.05) is 0 Å². The fourth-order valence-electron chi connectivity index (χ4n) is 3.52. The molecule has 1 fully saturated rings. The number of benzene rings is 1. The van der Waals surface area contributed by atoms with Crippen molar-refractivity contribution in [2.75, 3.05) is 26.0 Å². The maximum Gasteiger partial charge on any atom is 0.229 e. The number of amides is 1. The number of hydrogen-bond acceptors (Lipinski definition) is 8. The van der Waals surface area contributed by atoms with Crippen LogP contribution in [0.4, 0.5) is 4.39 Å². The van der Waals surface area contributed by atoms with Crippen LogP contribution in [0.3, 0.4) is 0 Å². The molecule has 0 spiro atoms. The Morgan fingerprint density at radius 3 is 2.43 bits per heavy atom. The van der Waals surface area contributed by atoms with E-state index in [2.05, 4.69) is 9.97 Å². The molecule has 0 radical (unpaired) electrons. The summed E-state index contributed by atoms with van der Waals surface area (Å²) in [5.41, 5.74) is 0.210. The molecule has 0 saturated carbocycles. The lowest BCUT2D eigenvalue weighted by atomic mass is 10.1. The smallest absolute Gasteiger partial charge is 0.229 e. The minimum absolute atomic E-state index is 0.0607. The Kier molecular flexibility index (Phi) is 8.32. The number of nitrogens with zero attached hydrogens (tertiary/aromatic N) is 3. The first-order valence-corrected chi connectivity index (χ1v) is 13.3. The van der Waals surface area contributed by atoms with E-state index in [4.69, 9.17) is 14.2 Å². The SMILES string of the molecule is Cc1c(Oc2ccc(S(C)(=O)=O)cc2F)ncnc1OC1CCN(C(=O)CCOC(C)(C)C)CC1. The Bertz CT molecular complexity index is 1160. The molecule has 11 heteroatoms. The maximum absolute atomic E-state index is 14.4. The molecular formula is C24H32FN3O6S. The summed E-state index contributed by atoms with van der Waals surface area (Å²) in [5.74, 6) is -0.504. The van der Waals surface area contributed by atoms with E-state index in [0.717, 1.165) is 12.3 Å². The number of carbonyl (C=O) groups is 1. The van der Waals surface area contributed by atoms with Crippen molar-refractivity contribution in [3.63, 3.8) is 0 Å². The summed E-state index contributed by atoms with van der Waals surface area (Å²) in [6.45, 7) is 9.10. The second-order valence-electron chi connectivity index (χ2n) is 9.48. The summed E-state index contributed by atoms with van der Waals surface area (Å²) < 4.78 is 54.9. The van der Waals surface area contributed by atoms with Gasteiger partial charge in [0.1, 0.15) is 12.4 Å². The minimum Gasteiger partial charge on any atom is -0.474 e. The van der Waals surface area contributed by atoms with Crippen LogP contribution in [0.25, 0.3) is 0 Å². The number of ether oxygens (including phenoxy) is 3. The molecule has 192 valence electrons. The first kappa shape index (κ1) is 26.8. The van der Waals surface area contributed by atoms with Crippen molar-refractivity contribution < 1.29 is 31.8 Å². The lowest BCUT2D eigenvalue weighted by Gasteiger charge is -2.32. The Morgan fingerprint density at radius 2 is 1.83 bits per heavy atom. The Morgan fingerprint density at radius 1 is 1.17 bits per heavy atom. The third-order valence-electron chi connectivity index (χ3n) is 5.45. The monoisotopic (exact) mass is 509 g/mol. The Hall–Kier alpha value is -2.79. The highest BCUT2D eigenvalue weighted by Gasteiger charge is 2.25. The zero-order chi connectivity index (χ0) is 25.8. The molecule has 3 rings (SSSR count). The number of piperidine rings is 1. The van der Waals surface area contributed by atoms with Gasteiger partial charge in [-0.15, -0.1) is 0 Å². The van der Waals surface area contributed by atoms with Gasteiger partial charge in [0.2, 0.25) is 17.7 Å². The average molecular weight is 510 g/mol. The molecule has 2 heterocycles. The fraction of sp³-hybridized carbons (Fsp3) is 0.542. The lowest BCUT2D eigenvalue weighted by Crippen LogP contribution is -2.42. The van der Waals surface area contributed by atoms with E-state index in [9.17, 15) is 17.6 Å². The van der Waals surface area contributed by atoms with Crippen LogP contribution in [0.2, 0.25) is 0 Å². The van der Waals surface area contributed by atoms with Crippen molar-refractivity contribution >= 4 is 15.7 Å². The minimum atomic E-state index is -3.54. The molecule has 9 nitrogen and oxygen atoms in total. The molecular weight excluding hydrogens is 477 g/mol. The summed E-state index contributed by atoms with van der Waals surface area (Å²) in [4.78, 5) is 22.3. The summed E-state index contributed by atoms with van der Waals surface area (Å²) in [6, 6.07) is 3.42. The largest absolute Gasteiger partial charge is 0.474 e. The topological polar surface area (TPSA) is 108 Å². The number of aromatic nitrogens is 2. The molecule has 1 aromatic carbocycles. The summed E-state index contributed by atoms with van der Waals surface area (Å²) >= 11 is 0. The van der Waals surface area contributed by atoms with Crippen LogP contribution in [-0.2, 0) is 19.4 Å². The van der Waals surface area contributed by atoms with Crippen molar-refractivity contribution in [1.82, 2.24) is 14.9 Å². The molecule has 1 aliphatic heterocycles. The van der Waals surface area contributed by atoms with Crippen LogP contribution in [0.15, 0.2) is 29.4 Å². The van der Waals surface area contributed by atoms with Crippen LogP contribution in [0, 0.1) is 12.7 Å². The van der Waals surface area contributed by atoms with Gasteiger partial charge in [-0.25, -0.2) is 22.8 Å². The molecule has 0 aliphatic carbocycles. The zero-order valence-corrected chi connectivity index (χ0v) is 21.5. The highest BCUT2D eigenvalue weighted by Crippen LogP contribution is 2.31. The number of carbonyl (C=O) groups excluding carboxylic acids is 1. The van der Waals surface area contributed by atoms with E-state index in [-0.39, 0.29) is 34.1 Å². The van der Waals surface area contributed by atoms with Gasteiger partial charge in [-0.3, -0.25) is 4.79 Å². The molecule has 0 atom stereocenters. The average Bonchev–Trinajstić information content (AvgIpc) is 2.76. The number of rotatable bonds is 8. The highest BCUT2D eigenvalue weighted by atomic mass is 32.2. The van der Waals surface area contributed by atoms with Crippen molar-refractivity contribution in [2.24, 2.45) is 0 Å². The number of likely N-dealkylation sites (tertiary alicyclic amines) is 1. The second-order valence-corrected chi connectivity index (χ2v) is 11.5. The lowest BCUT2D eigenvalue weighted by molar-refractivity contribution is -0.135. The van der Waals surface area contributed by atoms with Gasteiger partial charge in [-0.2, -0.15) is 0 Å². The van der Waals surface area contributed by atoms with Gasteiger partial charge in [0.15, 0.2) is 21.4 Å². The number of sulfone groups is 1. The first-order chi connectivity index (χ1) is 16.3. The van der Waals surface area contributed by atoms with E-state index in [1.54, 1.807) is 6.92 Å². The van der Waals surface area contributed by atoms with Crippen LogP contribution < -0.4 is 9.47 Å². The normalized spacial score (nSPS) is 15.2. The van der Waals surface area contributed by atoms with Gasteiger partial charge in [0.25, 0.3) is 0 Å². The van der Waals surface area contributed by atoms with Gasteiger partial charge in [-0.05, 0) is 45.9 Å². The molecule has 35 heavy (non-hydrogen) atoms. The van der Waals surface area contributed by atoms with Crippen LogP contribution in [0.1, 0.15) is 45.6 Å². The molecule has 0 unspecified atom stereocenters. The second kappa shape index (κ2) is 10.9. The molecule has 1 saturated heterocycles. The van der Waals surface area contributed by atoms with E-state index >= 15 is 0 Å². The van der Waals surface area contributed by atoms with Gasteiger partial charge in [0.05, 0.1) is 29.1 Å². The fourth-order valence-corrected chi connectivity index (χ4v) is 4.16. The predicted molar refractivity (Wildman–Crippen MR) is 127 cm³/mol. The summed E-state index contributed by atoms with van der Waals surface area (Å²) in [7, 11) is -3.54. The van der Waals surface area contributed by atoms with E-state index in [1.807, 2.05) is 25.7 Å². The number of hydrogen-bond donors (Lipinski definition) is 0. The number of halogens is 1. The molecule has 2 aromatic rings. The van der Waals surface area contributed by atoms with Crippen LogP contribution in [-0.4, -0.2) is 66.9 Å². The molecule has 1 amide bonds. The molecule has 0 N–H and O–H groups in total. The van der Waals surface area contributed by atoms with E-state index in [0.29, 0.717) is 50.4 Å². The van der Waals surface area contributed by atoms with Crippen LogP contribution in [0.5, 0.6) is 17.5 Å². The van der Waals surface area contributed by atoms with Gasteiger partial charge in [0, 0.05) is 32.2 Å². The summed E-state index contributed by atoms with van der Waals surface area (Å²) in [5, 5.41) is 0. The Balaban J connectivity index is 1.58. The summed E-state index contributed by atoms with van der Waals surface area (Å²) in [6.07, 6.45) is 3.75. The maximum atomic E-state index is 14.4.